The fourth-order valence-electron chi connectivity index (χ4n) is 2.69. The first kappa shape index (κ1) is 13.1. The van der Waals surface area contributed by atoms with Gasteiger partial charge in [-0.3, -0.25) is 4.79 Å². The van der Waals surface area contributed by atoms with Gasteiger partial charge in [0.25, 0.3) is 0 Å². The Labute approximate surface area is 108 Å². The zero-order valence-electron chi connectivity index (χ0n) is 11.2. The Hall–Kier alpha value is -1.35. The molecule has 1 fully saturated rings. The number of benzene rings is 1. The molecule has 2 rings (SSSR count). The number of Topliss-reactive ketones (excluding diaryl/α,β-unsaturated/α-hetero) is 1. The fourth-order valence-corrected chi connectivity index (χ4v) is 2.69. The van der Waals surface area contributed by atoms with Gasteiger partial charge in [0.1, 0.15) is 11.4 Å². The third kappa shape index (κ3) is 2.15. The van der Waals surface area contributed by atoms with E-state index < -0.39 is 5.60 Å². The van der Waals surface area contributed by atoms with E-state index in [2.05, 4.69) is 0 Å². The van der Waals surface area contributed by atoms with E-state index in [0.717, 1.165) is 29.7 Å². The molecule has 0 unspecified atom stereocenters. The summed E-state index contributed by atoms with van der Waals surface area (Å²) < 4.78 is 5.24. The van der Waals surface area contributed by atoms with E-state index in [0.29, 0.717) is 18.4 Å². The van der Waals surface area contributed by atoms with Crippen LogP contribution >= 0.6 is 0 Å². The minimum absolute atomic E-state index is 0.136. The van der Waals surface area contributed by atoms with Crippen LogP contribution in [-0.2, 0) is 0 Å². The highest BCUT2D eigenvalue weighted by atomic mass is 16.5. The molecule has 1 saturated carbocycles. The molecule has 3 nitrogen and oxygen atoms in total. The number of aryl methyl sites for hydroxylation is 2. The lowest BCUT2D eigenvalue weighted by Crippen LogP contribution is -2.35. The van der Waals surface area contributed by atoms with E-state index in [4.69, 9.17) is 4.74 Å². The predicted molar refractivity (Wildman–Crippen MR) is 70.2 cm³/mol. The summed E-state index contributed by atoms with van der Waals surface area (Å²) in [5.74, 6) is 0.644. The van der Waals surface area contributed by atoms with Crippen LogP contribution in [0.4, 0.5) is 0 Å². The lowest BCUT2D eigenvalue weighted by atomic mass is 9.88. The Bertz CT molecular complexity index is 471. The molecule has 3 heteroatoms. The average Bonchev–Trinajstić information content (AvgIpc) is 2.79. The Balaban J connectivity index is 2.39. The standard InChI is InChI=1S/C15H20O3/c1-10-9-13(18-3)11(2)8-12(10)14(16)15(17)6-4-5-7-15/h8-9,17H,4-7H2,1-3H3. The smallest absolute Gasteiger partial charge is 0.194 e. The predicted octanol–water partition coefficient (Wildman–Crippen LogP) is 2.80. The van der Waals surface area contributed by atoms with Crippen LogP contribution < -0.4 is 4.74 Å². The van der Waals surface area contributed by atoms with Crippen molar-refractivity contribution in [2.45, 2.75) is 45.1 Å². The zero-order valence-corrected chi connectivity index (χ0v) is 11.2. The molecule has 1 N–H and O–H groups in total. The van der Waals surface area contributed by atoms with Crippen molar-refractivity contribution in [3.63, 3.8) is 0 Å². The van der Waals surface area contributed by atoms with E-state index >= 15 is 0 Å². The summed E-state index contributed by atoms with van der Waals surface area (Å²) >= 11 is 0. The van der Waals surface area contributed by atoms with E-state index in [-0.39, 0.29) is 5.78 Å². The zero-order chi connectivity index (χ0) is 13.3. The normalized spacial score (nSPS) is 17.8. The van der Waals surface area contributed by atoms with Crippen molar-refractivity contribution in [3.8, 4) is 5.75 Å². The van der Waals surface area contributed by atoms with Gasteiger partial charge >= 0.3 is 0 Å². The van der Waals surface area contributed by atoms with Gasteiger partial charge in [-0.15, -0.1) is 0 Å². The molecule has 0 saturated heterocycles. The number of rotatable bonds is 3. The maximum Gasteiger partial charge on any atom is 0.194 e. The molecule has 0 radical (unpaired) electrons. The molecule has 0 aromatic heterocycles. The minimum atomic E-state index is -1.15. The Morgan fingerprint density at radius 2 is 1.83 bits per heavy atom. The number of hydrogen-bond acceptors (Lipinski definition) is 3. The SMILES string of the molecule is COc1cc(C)c(C(=O)C2(O)CCCC2)cc1C. The van der Waals surface area contributed by atoms with Gasteiger partial charge in [0, 0.05) is 5.56 Å². The van der Waals surface area contributed by atoms with E-state index in [1.807, 2.05) is 26.0 Å². The summed E-state index contributed by atoms with van der Waals surface area (Å²) in [5, 5.41) is 10.4. The first-order valence-electron chi connectivity index (χ1n) is 6.40. The molecule has 1 aromatic rings. The number of methoxy groups -OCH3 is 1. The number of carbonyl (C=O) groups is 1. The molecule has 0 amide bonds. The number of carbonyl (C=O) groups excluding carboxylic acids is 1. The van der Waals surface area contributed by atoms with Gasteiger partial charge in [-0.05, 0) is 62.8 Å². The lowest BCUT2D eigenvalue weighted by molar-refractivity contribution is 0.0352. The second-order valence-electron chi connectivity index (χ2n) is 5.20. The van der Waals surface area contributed by atoms with Crippen LogP contribution in [0, 0.1) is 13.8 Å². The van der Waals surface area contributed by atoms with E-state index in [1.54, 1.807) is 7.11 Å². The number of ketones is 1. The molecule has 0 spiro atoms. The molecule has 1 aliphatic carbocycles. The molecule has 0 bridgehead atoms. The molecule has 1 aliphatic rings. The Morgan fingerprint density at radius 1 is 1.22 bits per heavy atom. The van der Waals surface area contributed by atoms with Gasteiger partial charge in [0.15, 0.2) is 5.78 Å². The van der Waals surface area contributed by atoms with Gasteiger partial charge in [-0.2, -0.15) is 0 Å². The van der Waals surface area contributed by atoms with Crippen molar-refractivity contribution in [1.82, 2.24) is 0 Å². The van der Waals surface area contributed by atoms with Crippen LogP contribution in [-0.4, -0.2) is 23.6 Å². The number of aliphatic hydroxyl groups is 1. The summed E-state index contributed by atoms with van der Waals surface area (Å²) in [7, 11) is 1.62. The summed E-state index contributed by atoms with van der Waals surface area (Å²) in [5.41, 5.74) is 1.26. The van der Waals surface area contributed by atoms with Crippen molar-refractivity contribution >= 4 is 5.78 Å². The second kappa shape index (κ2) is 4.73. The van der Waals surface area contributed by atoms with Gasteiger partial charge < -0.3 is 9.84 Å². The third-order valence-electron chi connectivity index (χ3n) is 3.84. The highest BCUT2D eigenvalue weighted by Crippen LogP contribution is 2.34. The summed E-state index contributed by atoms with van der Waals surface area (Å²) in [6.45, 7) is 3.79. The highest BCUT2D eigenvalue weighted by Gasteiger charge is 2.39. The van der Waals surface area contributed by atoms with Crippen LogP contribution in [0.5, 0.6) is 5.75 Å². The van der Waals surface area contributed by atoms with Crippen LogP contribution in [0.2, 0.25) is 0 Å². The van der Waals surface area contributed by atoms with E-state index in [1.165, 1.54) is 0 Å². The lowest BCUT2D eigenvalue weighted by Gasteiger charge is -2.22. The first-order valence-corrected chi connectivity index (χ1v) is 6.40. The quantitative estimate of drug-likeness (QED) is 0.837. The van der Waals surface area contributed by atoms with Crippen molar-refractivity contribution < 1.29 is 14.6 Å². The van der Waals surface area contributed by atoms with Crippen LogP contribution in [0.3, 0.4) is 0 Å². The van der Waals surface area contributed by atoms with Crippen LogP contribution in [0.15, 0.2) is 12.1 Å². The maximum atomic E-state index is 12.5. The van der Waals surface area contributed by atoms with Crippen LogP contribution in [0.25, 0.3) is 0 Å². The first-order chi connectivity index (χ1) is 8.48. The van der Waals surface area contributed by atoms with Gasteiger partial charge in [-0.1, -0.05) is 0 Å². The fraction of sp³-hybridized carbons (Fsp3) is 0.533. The van der Waals surface area contributed by atoms with E-state index in [9.17, 15) is 9.90 Å². The van der Waals surface area contributed by atoms with Crippen molar-refractivity contribution in [3.05, 3.63) is 28.8 Å². The van der Waals surface area contributed by atoms with Gasteiger partial charge in [0.2, 0.25) is 0 Å². The molecule has 98 valence electrons. The highest BCUT2D eigenvalue weighted by molar-refractivity contribution is 6.03. The molecule has 1 aromatic carbocycles. The summed E-state index contributed by atoms with van der Waals surface area (Å²) in [6, 6.07) is 3.69. The molecular weight excluding hydrogens is 228 g/mol. The number of ether oxygens (including phenoxy) is 1. The monoisotopic (exact) mass is 248 g/mol. The number of hydrogen-bond donors (Lipinski definition) is 1. The molecule has 18 heavy (non-hydrogen) atoms. The van der Waals surface area contributed by atoms with Crippen LogP contribution in [0.1, 0.15) is 47.2 Å². The maximum absolute atomic E-state index is 12.5. The Morgan fingerprint density at radius 3 is 2.39 bits per heavy atom. The minimum Gasteiger partial charge on any atom is -0.496 e. The summed E-state index contributed by atoms with van der Waals surface area (Å²) in [6.07, 6.45) is 3.01. The molecule has 0 aliphatic heterocycles. The molecule has 0 atom stereocenters. The molecular formula is C15H20O3. The van der Waals surface area contributed by atoms with Gasteiger partial charge in [-0.25, -0.2) is 0 Å². The Kier molecular flexibility index (Phi) is 3.44. The second-order valence-corrected chi connectivity index (χ2v) is 5.20. The summed E-state index contributed by atoms with van der Waals surface area (Å²) in [4.78, 5) is 12.5. The van der Waals surface area contributed by atoms with Crippen molar-refractivity contribution in [1.29, 1.82) is 0 Å². The topological polar surface area (TPSA) is 46.5 Å². The average molecular weight is 248 g/mol. The molecule has 0 heterocycles. The van der Waals surface area contributed by atoms with Crippen molar-refractivity contribution in [2.75, 3.05) is 7.11 Å². The third-order valence-corrected chi connectivity index (χ3v) is 3.84. The van der Waals surface area contributed by atoms with Crippen molar-refractivity contribution in [2.24, 2.45) is 0 Å². The van der Waals surface area contributed by atoms with Gasteiger partial charge in [0.05, 0.1) is 7.11 Å². The largest absolute Gasteiger partial charge is 0.496 e.